The molecular formula is C21H24Cl2N2O3. The normalized spacial score (nSPS) is 11.6. The lowest BCUT2D eigenvalue weighted by atomic mass is 10.1. The van der Waals surface area contributed by atoms with Gasteiger partial charge in [0.05, 0.1) is 0 Å². The predicted molar refractivity (Wildman–Crippen MR) is 112 cm³/mol. The Morgan fingerprint density at radius 3 is 2.21 bits per heavy atom. The first kappa shape index (κ1) is 22.1. The molecule has 0 saturated heterocycles. The minimum Gasteiger partial charge on any atom is -0.484 e. The number of carbonyl (C=O) groups excluding carboxylic acids is 2. The molecule has 0 radical (unpaired) electrons. The second-order valence-corrected chi connectivity index (χ2v) is 7.41. The fourth-order valence-electron chi connectivity index (χ4n) is 2.80. The van der Waals surface area contributed by atoms with Gasteiger partial charge < -0.3 is 15.0 Å². The Balaban J connectivity index is 2.16. The third-order valence-electron chi connectivity index (χ3n) is 4.45. The van der Waals surface area contributed by atoms with Crippen molar-refractivity contribution < 1.29 is 14.3 Å². The molecule has 7 heteroatoms. The van der Waals surface area contributed by atoms with E-state index >= 15 is 0 Å². The van der Waals surface area contributed by atoms with E-state index in [1.807, 2.05) is 26.0 Å². The molecule has 2 aromatic carbocycles. The van der Waals surface area contributed by atoms with Gasteiger partial charge in [-0.15, -0.1) is 0 Å². The Morgan fingerprint density at radius 1 is 1.11 bits per heavy atom. The van der Waals surface area contributed by atoms with Gasteiger partial charge in [0, 0.05) is 23.6 Å². The lowest BCUT2D eigenvalue weighted by molar-refractivity contribution is -0.142. The maximum absolute atomic E-state index is 12.9. The second kappa shape index (κ2) is 9.80. The Labute approximate surface area is 175 Å². The van der Waals surface area contributed by atoms with Crippen molar-refractivity contribution in [2.75, 3.05) is 13.7 Å². The summed E-state index contributed by atoms with van der Waals surface area (Å²) in [4.78, 5) is 26.5. The molecule has 0 heterocycles. The quantitative estimate of drug-likeness (QED) is 0.728. The maximum Gasteiger partial charge on any atom is 0.261 e. The fraction of sp³-hybridized carbons (Fsp3) is 0.333. The highest BCUT2D eigenvalue weighted by molar-refractivity contribution is 6.32. The van der Waals surface area contributed by atoms with Crippen LogP contribution in [0.4, 0.5) is 0 Å². The molecule has 0 saturated carbocycles. The van der Waals surface area contributed by atoms with Gasteiger partial charge in [0.2, 0.25) is 5.91 Å². The first-order chi connectivity index (χ1) is 13.2. The molecule has 0 unspecified atom stereocenters. The molecule has 0 aliphatic rings. The van der Waals surface area contributed by atoms with Crippen LogP contribution in [0.5, 0.6) is 5.75 Å². The predicted octanol–water partition coefficient (Wildman–Crippen LogP) is 4.15. The Morgan fingerprint density at radius 2 is 1.68 bits per heavy atom. The monoisotopic (exact) mass is 422 g/mol. The molecule has 0 aliphatic carbocycles. The van der Waals surface area contributed by atoms with E-state index in [9.17, 15) is 9.59 Å². The molecule has 1 atom stereocenters. The zero-order valence-electron chi connectivity index (χ0n) is 16.4. The number of nitrogens with one attached hydrogen (secondary N) is 1. The second-order valence-electron chi connectivity index (χ2n) is 6.60. The van der Waals surface area contributed by atoms with Crippen LogP contribution in [-0.4, -0.2) is 36.4 Å². The molecule has 0 aliphatic heterocycles. The lowest BCUT2D eigenvalue weighted by Gasteiger charge is -2.28. The Hall–Kier alpha value is -2.24. The number of benzene rings is 2. The van der Waals surface area contributed by atoms with E-state index in [2.05, 4.69) is 5.32 Å². The Kier molecular flexibility index (Phi) is 7.72. The molecule has 150 valence electrons. The van der Waals surface area contributed by atoms with Gasteiger partial charge in [0.15, 0.2) is 6.61 Å². The summed E-state index contributed by atoms with van der Waals surface area (Å²) in [7, 11) is 1.54. The van der Waals surface area contributed by atoms with Crippen molar-refractivity contribution in [1.82, 2.24) is 10.2 Å². The highest BCUT2D eigenvalue weighted by Crippen LogP contribution is 2.26. The van der Waals surface area contributed by atoms with Crippen molar-refractivity contribution in [3.05, 3.63) is 63.1 Å². The zero-order valence-corrected chi connectivity index (χ0v) is 17.9. The van der Waals surface area contributed by atoms with Crippen molar-refractivity contribution in [3.63, 3.8) is 0 Å². The highest BCUT2D eigenvalue weighted by atomic mass is 35.5. The summed E-state index contributed by atoms with van der Waals surface area (Å²) >= 11 is 12.1. The third kappa shape index (κ3) is 5.63. The molecule has 2 rings (SSSR count). The molecule has 5 nitrogen and oxygen atoms in total. The zero-order chi connectivity index (χ0) is 20.8. The lowest BCUT2D eigenvalue weighted by Crippen LogP contribution is -2.48. The molecule has 28 heavy (non-hydrogen) atoms. The van der Waals surface area contributed by atoms with Gasteiger partial charge in [-0.25, -0.2) is 0 Å². The number of likely N-dealkylation sites (N-methyl/N-ethyl adjacent to an activating group) is 1. The van der Waals surface area contributed by atoms with Crippen LogP contribution < -0.4 is 10.1 Å². The number of carbonyl (C=O) groups is 2. The number of halogens is 2. The van der Waals surface area contributed by atoms with E-state index in [0.717, 1.165) is 16.7 Å². The van der Waals surface area contributed by atoms with Crippen molar-refractivity contribution in [2.24, 2.45) is 0 Å². The minimum atomic E-state index is -0.648. The fourth-order valence-corrected chi connectivity index (χ4v) is 3.03. The van der Waals surface area contributed by atoms with E-state index in [4.69, 9.17) is 27.9 Å². The first-order valence-electron chi connectivity index (χ1n) is 8.88. The largest absolute Gasteiger partial charge is 0.484 e. The van der Waals surface area contributed by atoms with Crippen LogP contribution >= 0.6 is 23.2 Å². The summed E-state index contributed by atoms with van der Waals surface area (Å²) < 4.78 is 5.68. The van der Waals surface area contributed by atoms with Crippen molar-refractivity contribution in [2.45, 2.75) is 33.4 Å². The molecule has 0 bridgehead atoms. The van der Waals surface area contributed by atoms with E-state index in [-0.39, 0.29) is 25.0 Å². The molecule has 0 aromatic heterocycles. The molecular weight excluding hydrogens is 399 g/mol. The van der Waals surface area contributed by atoms with Crippen LogP contribution in [-0.2, 0) is 16.1 Å². The highest BCUT2D eigenvalue weighted by Gasteiger charge is 2.26. The number of hydrogen-bond acceptors (Lipinski definition) is 3. The molecule has 2 aromatic rings. The summed E-state index contributed by atoms with van der Waals surface area (Å²) in [6, 6.07) is 10.1. The van der Waals surface area contributed by atoms with Crippen LogP contribution in [0.3, 0.4) is 0 Å². The summed E-state index contributed by atoms with van der Waals surface area (Å²) in [6.07, 6.45) is 0. The van der Waals surface area contributed by atoms with Crippen molar-refractivity contribution in [3.8, 4) is 5.75 Å². The van der Waals surface area contributed by atoms with Crippen molar-refractivity contribution in [1.29, 1.82) is 0 Å². The number of rotatable bonds is 7. The van der Waals surface area contributed by atoms with Crippen LogP contribution in [0.1, 0.15) is 23.6 Å². The summed E-state index contributed by atoms with van der Waals surface area (Å²) in [5, 5.41) is 3.87. The van der Waals surface area contributed by atoms with Crippen molar-refractivity contribution >= 4 is 35.0 Å². The van der Waals surface area contributed by atoms with Gasteiger partial charge in [0.1, 0.15) is 11.8 Å². The average Bonchev–Trinajstić information content (AvgIpc) is 2.68. The van der Waals surface area contributed by atoms with Gasteiger partial charge in [-0.05, 0) is 61.7 Å². The summed E-state index contributed by atoms with van der Waals surface area (Å²) in [5.41, 5.74) is 2.62. The Bertz CT molecular complexity index is 830. The van der Waals surface area contributed by atoms with Gasteiger partial charge >= 0.3 is 0 Å². The minimum absolute atomic E-state index is 0.185. The number of hydrogen-bond donors (Lipinski definition) is 1. The molecule has 0 spiro atoms. The first-order valence-corrected chi connectivity index (χ1v) is 9.63. The van der Waals surface area contributed by atoms with E-state index < -0.39 is 6.04 Å². The van der Waals surface area contributed by atoms with Crippen LogP contribution in [0.25, 0.3) is 0 Å². The summed E-state index contributed by atoms with van der Waals surface area (Å²) in [5.74, 6) is 0.0172. The topological polar surface area (TPSA) is 58.6 Å². The van der Waals surface area contributed by atoms with Gasteiger partial charge in [-0.2, -0.15) is 0 Å². The van der Waals surface area contributed by atoms with Crippen LogP contribution in [0.2, 0.25) is 10.0 Å². The van der Waals surface area contributed by atoms with E-state index in [1.54, 1.807) is 38.2 Å². The third-order valence-corrected chi connectivity index (χ3v) is 5.30. The maximum atomic E-state index is 12.9. The van der Waals surface area contributed by atoms with Crippen LogP contribution in [0.15, 0.2) is 36.4 Å². The SMILES string of the molecule is CNC(=O)[C@@H](C)N(Cc1ccc(Cl)cc1)C(=O)COc1cc(C)c(Cl)c(C)c1. The summed E-state index contributed by atoms with van der Waals surface area (Å²) in [6.45, 7) is 5.53. The average molecular weight is 423 g/mol. The number of aryl methyl sites for hydroxylation is 2. The van der Waals surface area contributed by atoms with E-state index in [1.165, 1.54) is 4.90 Å². The van der Waals surface area contributed by atoms with Crippen LogP contribution in [0, 0.1) is 13.8 Å². The van der Waals surface area contributed by atoms with Gasteiger partial charge in [-0.3, -0.25) is 9.59 Å². The number of nitrogens with zero attached hydrogens (tertiary/aromatic N) is 1. The number of amides is 2. The smallest absolute Gasteiger partial charge is 0.261 e. The molecule has 1 N–H and O–H groups in total. The standard InChI is InChI=1S/C21H24Cl2N2O3/c1-13-9-18(10-14(2)20(13)23)28-12-19(26)25(15(3)21(27)24-4)11-16-5-7-17(22)8-6-16/h5-10,15H,11-12H2,1-4H3,(H,24,27)/t15-/m1/s1. The number of ether oxygens (including phenoxy) is 1. The van der Waals surface area contributed by atoms with Gasteiger partial charge in [0.25, 0.3) is 5.91 Å². The molecule has 0 fully saturated rings. The molecule has 2 amide bonds. The van der Waals surface area contributed by atoms with Gasteiger partial charge in [-0.1, -0.05) is 35.3 Å². The van der Waals surface area contributed by atoms with E-state index in [0.29, 0.717) is 15.8 Å².